The van der Waals surface area contributed by atoms with E-state index in [0.717, 1.165) is 22.3 Å². The molecule has 2 aromatic carbocycles. The number of alkyl carbamates (subject to hydrolysis) is 1. The monoisotopic (exact) mass is 340 g/mol. The smallest absolute Gasteiger partial charge is 0.408 e. The van der Waals surface area contributed by atoms with Gasteiger partial charge in [0.05, 0.1) is 0 Å². The summed E-state index contributed by atoms with van der Waals surface area (Å²) in [5.74, 6) is -1.28. The fraction of sp³-hybridized carbons (Fsp3) is 0.263. The van der Waals surface area contributed by atoms with Gasteiger partial charge >= 0.3 is 12.1 Å². The summed E-state index contributed by atoms with van der Waals surface area (Å²) < 4.78 is 5.32. The summed E-state index contributed by atoms with van der Waals surface area (Å²) in [7, 11) is 0. The molecule has 25 heavy (non-hydrogen) atoms. The maximum Gasteiger partial charge on any atom is 0.408 e. The number of hydrogen-bond acceptors (Lipinski definition) is 4. The average molecular weight is 340 g/mol. The first-order valence-electron chi connectivity index (χ1n) is 8.03. The lowest BCUT2D eigenvalue weighted by Crippen LogP contribution is -2.57. The van der Waals surface area contributed by atoms with Crippen LogP contribution in [-0.2, 0) is 9.53 Å². The molecule has 6 nitrogen and oxygen atoms in total. The van der Waals surface area contributed by atoms with Gasteiger partial charge in [-0.3, -0.25) is 0 Å². The van der Waals surface area contributed by atoms with Gasteiger partial charge in [0.15, 0.2) is 0 Å². The molecule has 6 heteroatoms. The average Bonchev–Trinajstić information content (AvgIpc) is 2.94. The van der Waals surface area contributed by atoms with Crippen molar-refractivity contribution in [3.05, 3.63) is 59.7 Å². The zero-order valence-corrected chi connectivity index (χ0v) is 13.9. The molecule has 0 saturated carbocycles. The molecule has 0 fully saturated rings. The number of carboxylic acids is 1. The summed E-state index contributed by atoms with van der Waals surface area (Å²) >= 11 is 0. The number of amides is 1. The van der Waals surface area contributed by atoms with E-state index in [4.69, 9.17) is 10.5 Å². The number of nitrogens with two attached hydrogens (primary N) is 1. The molecule has 0 radical (unpaired) electrons. The number of aliphatic carboxylic acids is 1. The molecule has 0 aromatic heterocycles. The first kappa shape index (κ1) is 17.0. The highest BCUT2D eigenvalue weighted by Gasteiger charge is 2.35. The van der Waals surface area contributed by atoms with Gasteiger partial charge < -0.3 is 20.9 Å². The molecule has 0 saturated heterocycles. The minimum Gasteiger partial charge on any atom is -0.479 e. The van der Waals surface area contributed by atoms with Crippen LogP contribution in [0, 0.1) is 0 Å². The Morgan fingerprint density at radius 3 is 2.12 bits per heavy atom. The normalized spacial score (nSPS) is 15.0. The molecule has 1 unspecified atom stereocenters. The Morgan fingerprint density at radius 1 is 1.12 bits per heavy atom. The number of rotatable bonds is 5. The van der Waals surface area contributed by atoms with Crippen molar-refractivity contribution >= 4 is 12.1 Å². The summed E-state index contributed by atoms with van der Waals surface area (Å²) in [5.41, 5.74) is 8.34. The Hall–Kier alpha value is -2.86. The second kappa shape index (κ2) is 6.57. The summed E-state index contributed by atoms with van der Waals surface area (Å²) in [6.45, 7) is 1.24. The number of carbonyl (C=O) groups excluding carboxylic acids is 1. The van der Waals surface area contributed by atoms with Gasteiger partial charge in [-0.15, -0.1) is 0 Å². The van der Waals surface area contributed by atoms with Crippen LogP contribution in [0.5, 0.6) is 0 Å². The number of carbonyl (C=O) groups is 2. The van der Waals surface area contributed by atoms with Crippen molar-refractivity contribution in [1.82, 2.24) is 5.32 Å². The lowest BCUT2D eigenvalue weighted by atomic mass is 9.98. The van der Waals surface area contributed by atoms with Gasteiger partial charge in [-0.25, -0.2) is 9.59 Å². The van der Waals surface area contributed by atoms with E-state index >= 15 is 0 Å². The van der Waals surface area contributed by atoms with E-state index in [1.165, 1.54) is 6.92 Å². The van der Waals surface area contributed by atoms with E-state index in [-0.39, 0.29) is 19.1 Å². The maximum absolute atomic E-state index is 12.1. The van der Waals surface area contributed by atoms with Crippen LogP contribution in [0.3, 0.4) is 0 Å². The third-order valence-corrected chi connectivity index (χ3v) is 4.60. The summed E-state index contributed by atoms with van der Waals surface area (Å²) in [5, 5.41) is 11.5. The van der Waals surface area contributed by atoms with Gasteiger partial charge in [-0.2, -0.15) is 0 Å². The fourth-order valence-electron chi connectivity index (χ4n) is 3.05. The zero-order chi connectivity index (χ0) is 18.0. The number of ether oxygens (including phenoxy) is 1. The van der Waals surface area contributed by atoms with E-state index in [0.29, 0.717) is 0 Å². The van der Waals surface area contributed by atoms with Crippen LogP contribution in [-0.4, -0.2) is 35.9 Å². The Balaban J connectivity index is 1.76. The molecule has 1 aliphatic carbocycles. The van der Waals surface area contributed by atoms with Crippen molar-refractivity contribution in [3.63, 3.8) is 0 Å². The van der Waals surface area contributed by atoms with Crippen LogP contribution >= 0.6 is 0 Å². The highest BCUT2D eigenvalue weighted by molar-refractivity contribution is 5.84. The van der Waals surface area contributed by atoms with Gasteiger partial charge in [0, 0.05) is 12.5 Å². The molecule has 1 atom stereocenters. The molecule has 2 aromatic rings. The molecule has 0 heterocycles. The van der Waals surface area contributed by atoms with E-state index in [9.17, 15) is 14.7 Å². The predicted octanol–water partition coefficient (Wildman–Crippen LogP) is 2.33. The second-order valence-electron chi connectivity index (χ2n) is 6.29. The molecule has 0 spiro atoms. The number of carboxylic acid groups (broad SMARTS) is 1. The van der Waals surface area contributed by atoms with Crippen molar-refractivity contribution in [2.24, 2.45) is 5.73 Å². The van der Waals surface area contributed by atoms with E-state index in [1.54, 1.807) is 0 Å². The number of fused-ring (bicyclic) bond motifs is 3. The third kappa shape index (κ3) is 3.08. The SMILES string of the molecule is CC(CN)(NC(=O)OCC1c2ccccc2-c2ccccc21)C(=O)O. The van der Waals surface area contributed by atoms with Crippen LogP contribution in [0.2, 0.25) is 0 Å². The molecular formula is C19H20N2O4. The van der Waals surface area contributed by atoms with E-state index < -0.39 is 17.6 Å². The minimum absolute atomic E-state index is 0.0767. The Morgan fingerprint density at radius 2 is 1.64 bits per heavy atom. The molecular weight excluding hydrogens is 320 g/mol. The molecule has 4 N–H and O–H groups in total. The Labute approximate surface area is 145 Å². The van der Waals surface area contributed by atoms with Crippen molar-refractivity contribution < 1.29 is 19.4 Å². The van der Waals surface area contributed by atoms with Crippen molar-refractivity contribution in [2.75, 3.05) is 13.2 Å². The summed E-state index contributed by atoms with van der Waals surface area (Å²) in [6.07, 6.45) is -0.794. The second-order valence-corrected chi connectivity index (χ2v) is 6.29. The van der Waals surface area contributed by atoms with Crippen molar-refractivity contribution in [3.8, 4) is 11.1 Å². The standard InChI is InChI=1S/C19H20N2O4/c1-19(11-20,17(22)23)21-18(24)25-10-16-14-8-4-2-6-12(14)13-7-3-5-9-15(13)16/h2-9,16H,10-11,20H2,1H3,(H,21,24)(H,22,23). The van der Waals surface area contributed by atoms with Crippen LogP contribution in [0.15, 0.2) is 48.5 Å². The number of benzene rings is 2. The lowest BCUT2D eigenvalue weighted by molar-refractivity contribution is -0.143. The first-order chi connectivity index (χ1) is 12.0. The van der Waals surface area contributed by atoms with Gasteiger partial charge in [0.1, 0.15) is 12.1 Å². The van der Waals surface area contributed by atoms with Gasteiger partial charge in [-0.05, 0) is 29.2 Å². The quantitative estimate of drug-likeness (QED) is 0.775. The Kier molecular flexibility index (Phi) is 4.46. The molecule has 1 amide bonds. The summed E-state index contributed by atoms with van der Waals surface area (Å²) in [6, 6.07) is 16.0. The topological polar surface area (TPSA) is 102 Å². The Bertz CT molecular complexity index is 775. The number of nitrogens with one attached hydrogen (secondary N) is 1. The highest BCUT2D eigenvalue weighted by atomic mass is 16.5. The van der Waals surface area contributed by atoms with Crippen LogP contribution in [0.1, 0.15) is 24.0 Å². The first-order valence-corrected chi connectivity index (χ1v) is 8.03. The van der Waals surface area contributed by atoms with Crippen molar-refractivity contribution in [2.45, 2.75) is 18.4 Å². The van der Waals surface area contributed by atoms with Gasteiger partial charge in [-0.1, -0.05) is 48.5 Å². The number of hydrogen-bond donors (Lipinski definition) is 3. The predicted molar refractivity (Wildman–Crippen MR) is 93.3 cm³/mol. The third-order valence-electron chi connectivity index (χ3n) is 4.60. The highest BCUT2D eigenvalue weighted by Crippen LogP contribution is 2.44. The van der Waals surface area contributed by atoms with Gasteiger partial charge in [0.25, 0.3) is 0 Å². The minimum atomic E-state index is -1.55. The molecule has 0 bridgehead atoms. The van der Waals surface area contributed by atoms with Crippen LogP contribution in [0.4, 0.5) is 4.79 Å². The van der Waals surface area contributed by atoms with Crippen LogP contribution in [0.25, 0.3) is 11.1 Å². The molecule has 1 aliphatic rings. The van der Waals surface area contributed by atoms with E-state index in [1.807, 2.05) is 48.5 Å². The maximum atomic E-state index is 12.1. The van der Waals surface area contributed by atoms with Crippen LogP contribution < -0.4 is 11.1 Å². The van der Waals surface area contributed by atoms with E-state index in [2.05, 4.69) is 5.32 Å². The zero-order valence-electron chi connectivity index (χ0n) is 13.9. The summed E-state index contributed by atoms with van der Waals surface area (Å²) in [4.78, 5) is 23.3. The van der Waals surface area contributed by atoms with Gasteiger partial charge in [0.2, 0.25) is 0 Å². The lowest BCUT2D eigenvalue weighted by Gasteiger charge is -2.24. The largest absolute Gasteiger partial charge is 0.479 e. The fourth-order valence-corrected chi connectivity index (χ4v) is 3.05. The molecule has 0 aliphatic heterocycles. The molecule has 3 rings (SSSR count). The van der Waals surface area contributed by atoms with Crippen molar-refractivity contribution in [1.29, 1.82) is 0 Å². The molecule has 130 valence electrons.